The highest BCUT2D eigenvalue weighted by molar-refractivity contribution is 5.82. The number of aromatic nitrogens is 2. The second-order valence-corrected chi connectivity index (χ2v) is 4.36. The fraction of sp³-hybridized carbons (Fsp3) is 0.133. The van der Waals surface area contributed by atoms with Crippen LogP contribution >= 0.6 is 0 Å². The van der Waals surface area contributed by atoms with Gasteiger partial charge in [0.2, 0.25) is 5.95 Å². The summed E-state index contributed by atoms with van der Waals surface area (Å²) in [6, 6.07) is 13.3. The number of anilines is 1. The van der Waals surface area contributed by atoms with E-state index in [1.807, 2.05) is 47.0 Å². The summed E-state index contributed by atoms with van der Waals surface area (Å²) in [5, 5.41) is 0. The minimum absolute atomic E-state index is 0.443. The lowest BCUT2D eigenvalue weighted by Crippen LogP contribution is -2.00. The molecule has 0 aliphatic carbocycles. The highest BCUT2D eigenvalue weighted by Crippen LogP contribution is 2.27. The summed E-state index contributed by atoms with van der Waals surface area (Å²) in [6.45, 7) is 0. The average Bonchev–Trinajstić information content (AvgIpc) is 2.82. The first-order valence-corrected chi connectivity index (χ1v) is 6.19. The van der Waals surface area contributed by atoms with Crippen LogP contribution in [0.3, 0.4) is 0 Å². The fourth-order valence-electron chi connectivity index (χ4n) is 2.20. The van der Waals surface area contributed by atoms with Crippen LogP contribution < -0.4 is 15.2 Å². The molecule has 0 fully saturated rings. The van der Waals surface area contributed by atoms with Gasteiger partial charge >= 0.3 is 0 Å². The summed E-state index contributed by atoms with van der Waals surface area (Å²) < 4.78 is 12.3. The van der Waals surface area contributed by atoms with Gasteiger partial charge < -0.3 is 15.2 Å². The topological polar surface area (TPSA) is 62.3 Å². The highest BCUT2D eigenvalue weighted by Gasteiger charge is 2.11. The van der Waals surface area contributed by atoms with Crippen LogP contribution in [0.4, 0.5) is 5.95 Å². The molecule has 0 amide bonds. The number of imidazole rings is 1. The summed E-state index contributed by atoms with van der Waals surface area (Å²) in [5.74, 6) is 2.01. The van der Waals surface area contributed by atoms with E-state index >= 15 is 0 Å². The third-order valence-electron chi connectivity index (χ3n) is 3.22. The second-order valence-electron chi connectivity index (χ2n) is 4.36. The van der Waals surface area contributed by atoms with Crippen LogP contribution in [0, 0.1) is 0 Å². The quantitative estimate of drug-likeness (QED) is 0.794. The Kier molecular flexibility index (Phi) is 2.95. The normalized spacial score (nSPS) is 10.7. The Morgan fingerprint density at radius 2 is 1.60 bits per heavy atom. The van der Waals surface area contributed by atoms with Crippen molar-refractivity contribution in [3.05, 3.63) is 42.5 Å². The van der Waals surface area contributed by atoms with E-state index in [9.17, 15) is 0 Å². The minimum atomic E-state index is 0.443. The van der Waals surface area contributed by atoms with Crippen LogP contribution in [-0.2, 0) is 0 Å². The zero-order valence-electron chi connectivity index (χ0n) is 11.3. The Hall–Kier alpha value is -2.69. The van der Waals surface area contributed by atoms with E-state index in [4.69, 9.17) is 15.2 Å². The molecule has 2 aromatic carbocycles. The van der Waals surface area contributed by atoms with Gasteiger partial charge in [-0.25, -0.2) is 4.98 Å². The molecule has 3 aromatic rings. The van der Waals surface area contributed by atoms with Crippen LogP contribution in [-0.4, -0.2) is 23.8 Å². The number of hydrogen-bond acceptors (Lipinski definition) is 4. The molecule has 5 heteroatoms. The molecule has 0 saturated heterocycles. The summed E-state index contributed by atoms with van der Waals surface area (Å²) in [5.41, 5.74) is 8.70. The Labute approximate surface area is 116 Å². The third-order valence-corrected chi connectivity index (χ3v) is 3.22. The van der Waals surface area contributed by atoms with Gasteiger partial charge in [0.25, 0.3) is 0 Å². The van der Waals surface area contributed by atoms with Gasteiger partial charge in [-0.15, -0.1) is 0 Å². The van der Waals surface area contributed by atoms with Crippen molar-refractivity contribution < 1.29 is 9.47 Å². The highest BCUT2D eigenvalue weighted by atomic mass is 16.5. The van der Waals surface area contributed by atoms with E-state index in [-0.39, 0.29) is 0 Å². The molecule has 20 heavy (non-hydrogen) atoms. The molecule has 1 aromatic heterocycles. The molecule has 0 saturated carbocycles. The SMILES string of the molecule is COc1ccc(-n2c(N)nc3ccc(OC)cc32)cc1. The molecule has 2 N–H and O–H groups in total. The van der Waals surface area contributed by atoms with Crippen molar-refractivity contribution in [3.63, 3.8) is 0 Å². The van der Waals surface area contributed by atoms with Crippen molar-refractivity contribution >= 4 is 17.0 Å². The van der Waals surface area contributed by atoms with E-state index in [0.29, 0.717) is 5.95 Å². The smallest absolute Gasteiger partial charge is 0.205 e. The molecule has 0 bridgehead atoms. The number of methoxy groups -OCH3 is 2. The van der Waals surface area contributed by atoms with Gasteiger partial charge in [0.15, 0.2) is 0 Å². The van der Waals surface area contributed by atoms with Gasteiger partial charge in [0.05, 0.1) is 25.3 Å². The van der Waals surface area contributed by atoms with Gasteiger partial charge in [0, 0.05) is 11.8 Å². The molecule has 3 rings (SSSR count). The Balaban J connectivity index is 2.20. The Bertz CT molecular complexity index is 748. The first kappa shape index (κ1) is 12.3. The maximum Gasteiger partial charge on any atom is 0.205 e. The number of rotatable bonds is 3. The minimum Gasteiger partial charge on any atom is -0.497 e. The predicted molar refractivity (Wildman–Crippen MR) is 78.6 cm³/mol. The van der Waals surface area contributed by atoms with Crippen LogP contribution in [0.1, 0.15) is 0 Å². The molecular formula is C15H15N3O2. The van der Waals surface area contributed by atoms with Crippen LogP contribution in [0.2, 0.25) is 0 Å². The maximum atomic E-state index is 6.03. The van der Waals surface area contributed by atoms with Crippen molar-refractivity contribution in [1.29, 1.82) is 0 Å². The van der Waals surface area contributed by atoms with Crippen molar-refractivity contribution in [1.82, 2.24) is 9.55 Å². The number of nitrogen functional groups attached to an aromatic ring is 1. The first-order valence-electron chi connectivity index (χ1n) is 6.19. The summed E-state index contributed by atoms with van der Waals surface area (Å²) in [7, 11) is 3.28. The zero-order chi connectivity index (χ0) is 14.1. The van der Waals surface area contributed by atoms with Gasteiger partial charge in [-0.05, 0) is 36.4 Å². The van der Waals surface area contributed by atoms with Crippen LogP contribution in [0.25, 0.3) is 16.7 Å². The average molecular weight is 269 g/mol. The van der Waals surface area contributed by atoms with Gasteiger partial charge in [-0.2, -0.15) is 0 Å². The number of nitrogens with two attached hydrogens (primary N) is 1. The first-order chi connectivity index (χ1) is 9.72. The number of fused-ring (bicyclic) bond motifs is 1. The number of benzene rings is 2. The van der Waals surface area contributed by atoms with Crippen molar-refractivity contribution in [2.75, 3.05) is 20.0 Å². The number of nitrogens with zero attached hydrogens (tertiary/aromatic N) is 2. The van der Waals surface area contributed by atoms with E-state index in [1.54, 1.807) is 14.2 Å². The molecule has 0 spiro atoms. The molecule has 102 valence electrons. The molecule has 0 aliphatic heterocycles. The van der Waals surface area contributed by atoms with Crippen LogP contribution in [0.5, 0.6) is 11.5 Å². The van der Waals surface area contributed by atoms with Crippen molar-refractivity contribution in [3.8, 4) is 17.2 Å². The van der Waals surface area contributed by atoms with E-state index in [1.165, 1.54) is 0 Å². The molecule has 5 nitrogen and oxygen atoms in total. The fourth-order valence-corrected chi connectivity index (χ4v) is 2.20. The standard InChI is InChI=1S/C15H15N3O2/c1-19-11-5-3-10(4-6-11)18-14-9-12(20-2)7-8-13(14)17-15(18)16/h3-9H,1-2H3,(H2,16,17). The third kappa shape index (κ3) is 1.93. The van der Waals surface area contributed by atoms with Gasteiger partial charge in [-0.1, -0.05) is 0 Å². The summed E-state index contributed by atoms with van der Waals surface area (Å²) in [4.78, 5) is 4.36. The van der Waals surface area contributed by atoms with Crippen LogP contribution in [0.15, 0.2) is 42.5 Å². The molecule has 1 heterocycles. The van der Waals surface area contributed by atoms with Crippen molar-refractivity contribution in [2.24, 2.45) is 0 Å². The lowest BCUT2D eigenvalue weighted by atomic mass is 10.2. The second kappa shape index (κ2) is 4.77. The summed E-state index contributed by atoms with van der Waals surface area (Å²) in [6.07, 6.45) is 0. The Morgan fingerprint density at radius 1 is 0.950 bits per heavy atom. The molecule has 0 aliphatic rings. The van der Waals surface area contributed by atoms with E-state index in [0.717, 1.165) is 28.2 Å². The molecule has 0 radical (unpaired) electrons. The molecule has 0 atom stereocenters. The monoisotopic (exact) mass is 269 g/mol. The number of ether oxygens (including phenoxy) is 2. The van der Waals surface area contributed by atoms with E-state index < -0.39 is 0 Å². The zero-order valence-corrected chi connectivity index (χ0v) is 11.3. The molecule has 0 unspecified atom stereocenters. The predicted octanol–water partition coefficient (Wildman–Crippen LogP) is 2.62. The van der Waals surface area contributed by atoms with Gasteiger partial charge in [0.1, 0.15) is 11.5 Å². The maximum absolute atomic E-state index is 6.03. The largest absolute Gasteiger partial charge is 0.497 e. The lowest BCUT2D eigenvalue weighted by molar-refractivity contribution is 0.414. The van der Waals surface area contributed by atoms with Gasteiger partial charge in [-0.3, -0.25) is 4.57 Å². The lowest BCUT2D eigenvalue weighted by Gasteiger charge is -2.08. The summed E-state index contributed by atoms with van der Waals surface area (Å²) >= 11 is 0. The molecular weight excluding hydrogens is 254 g/mol. The Morgan fingerprint density at radius 3 is 2.25 bits per heavy atom. The number of hydrogen-bond donors (Lipinski definition) is 1. The van der Waals surface area contributed by atoms with Crippen molar-refractivity contribution in [2.45, 2.75) is 0 Å². The van der Waals surface area contributed by atoms with E-state index in [2.05, 4.69) is 4.98 Å².